The number of nitrogens with two attached hydrogens (primary N) is 1. The number of halogens is 3. The van der Waals surface area contributed by atoms with Crippen LogP contribution in [0, 0.1) is 0 Å². The summed E-state index contributed by atoms with van der Waals surface area (Å²) in [5, 5.41) is 2.65. The van der Waals surface area contributed by atoms with Gasteiger partial charge in [0.1, 0.15) is 12.1 Å². The van der Waals surface area contributed by atoms with E-state index in [0.717, 1.165) is 12.1 Å². The summed E-state index contributed by atoms with van der Waals surface area (Å²) in [7, 11) is 0. The van der Waals surface area contributed by atoms with Gasteiger partial charge in [0.25, 0.3) is 0 Å². The molecule has 2 rings (SSSR count). The van der Waals surface area contributed by atoms with Gasteiger partial charge >= 0.3 is 6.18 Å². The highest BCUT2D eigenvalue weighted by atomic mass is 19.4. The highest BCUT2D eigenvalue weighted by Crippen LogP contribution is 2.31. The highest BCUT2D eigenvalue weighted by molar-refractivity contribution is 5.78. The smallest absolute Gasteiger partial charge is 0.368 e. The zero-order valence-electron chi connectivity index (χ0n) is 10.7. The molecule has 0 saturated carbocycles. The Labute approximate surface area is 118 Å². The maximum absolute atomic E-state index is 12.7. The first-order valence-corrected chi connectivity index (χ1v) is 5.88. The topological polar surface area (TPSA) is 80.9 Å². The van der Waals surface area contributed by atoms with Crippen LogP contribution in [-0.2, 0) is 11.0 Å². The Balaban J connectivity index is 2.30. The fourth-order valence-corrected chi connectivity index (χ4v) is 1.64. The van der Waals surface area contributed by atoms with Crippen LogP contribution in [0.2, 0.25) is 0 Å². The Kier molecular flexibility index (Phi) is 4.06. The van der Waals surface area contributed by atoms with E-state index in [-0.39, 0.29) is 6.54 Å². The number of hydrogen-bond acceptors (Lipinski definition) is 4. The van der Waals surface area contributed by atoms with Crippen LogP contribution in [0.4, 0.5) is 19.0 Å². The van der Waals surface area contributed by atoms with Crippen molar-refractivity contribution in [3.05, 3.63) is 42.2 Å². The van der Waals surface area contributed by atoms with Crippen molar-refractivity contribution in [2.24, 2.45) is 5.73 Å². The van der Waals surface area contributed by atoms with Gasteiger partial charge in [0.15, 0.2) is 0 Å². The number of nitrogens with one attached hydrogen (secondary N) is 1. The lowest BCUT2D eigenvalue weighted by atomic mass is 10.1. The van der Waals surface area contributed by atoms with Crippen LogP contribution in [0.3, 0.4) is 0 Å². The summed E-state index contributed by atoms with van der Waals surface area (Å²) in [6.45, 7) is -0.126. The molecule has 0 aliphatic rings. The minimum absolute atomic E-state index is 0.126. The maximum atomic E-state index is 12.7. The van der Waals surface area contributed by atoms with Crippen LogP contribution in [0.25, 0.3) is 11.3 Å². The minimum Gasteiger partial charge on any atom is -0.368 e. The quantitative estimate of drug-likeness (QED) is 0.905. The van der Waals surface area contributed by atoms with Gasteiger partial charge in [0.05, 0.1) is 17.8 Å². The number of primary amides is 1. The molecule has 0 aliphatic carbocycles. The third-order valence-corrected chi connectivity index (χ3v) is 2.60. The lowest BCUT2D eigenvalue weighted by Gasteiger charge is -2.09. The number of alkyl halides is 3. The number of benzene rings is 1. The fraction of sp³-hybridized carbons (Fsp3) is 0.154. The molecule has 21 heavy (non-hydrogen) atoms. The second-order valence-corrected chi connectivity index (χ2v) is 4.19. The summed E-state index contributed by atoms with van der Waals surface area (Å²) in [4.78, 5) is 18.5. The monoisotopic (exact) mass is 296 g/mol. The van der Waals surface area contributed by atoms with E-state index in [1.807, 2.05) is 0 Å². The van der Waals surface area contributed by atoms with Crippen molar-refractivity contribution < 1.29 is 18.0 Å². The molecule has 8 heteroatoms. The van der Waals surface area contributed by atoms with Crippen molar-refractivity contribution in [1.82, 2.24) is 9.97 Å². The molecule has 3 N–H and O–H groups in total. The summed E-state index contributed by atoms with van der Waals surface area (Å²) in [6, 6.07) is 6.24. The Hall–Kier alpha value is -2.64. The Bertz CT molecular complexity index is 658. The van der Waals surface area contributed by atoms with Gasteiger partial charge in [-0.05, 0) is 12.1 Å². The number of aromatic nitrogens is 2. The highest BCUT2D eigenvalue weighted by Gasteiger charge is 2.30. The standard InChI is InChI=1S/C13H11F3N4O/c14-13(15,16)9-3-1-2-8(4-9)10-5-12(20-7-19-10)18-6-11(17)21/h1-5,7H,6H2,(H2,17,21)(H,18,19,20). The zero-order valence-corrected chi connectivity index (χ0v) is 10.7. The van der Waals surface area contributed by atoms with E-state index in [4.69, 9.17) is 5.73 Å². The molecule has 0 aliphatic heterocycles. The number of carbonyl (C=O) groups is 1. The van der Waals surface area contributed by atoms with Gasteiger partial charge in [0.2, 0.25) is 5.91 Å². The molecule has 1 aromatic heterocycles. The van der Waals surface area contributed by atoms with Crippen molar-refractivity contribution in [1.29, 1.82) is 0 Å². The predicted molar refractivity (Wildman–Crippen MR) is 70.2 cm³/mol. The normalized spacial score (nSPS) is 11.2. The van der Waals surface area contributed by atoms with Crippen LogP contribution < -0.4 is 11.1 Å². The number of nitrogens with zero attached hydrogens (tertiary/aromatic N) is 2. The van der Waals surface area contributed by atoms with Gasteiger partial charge in [0, 0.05) is 11.6 Å². The van der Waals surface area contributed by atoms with Crippen LogP contribution in [0.15, 0.2) is 36.7 Å². The van der Waals surface area contributed by atoms with Gasteiger partial charge in [-0.3, -0.25) is 4.79 Å². The molecule has 110 valence electrons. The molecule has 0 radical (unpaired) electrons. The zero-order chi connectivity index (χ0) is 15.5. The van der Waals surface area contributed by atoms with Crippen LogP contribution >= 0.6 is 0 Å². The van der Waals surface area contributed by atoms with E-state index in [0.29, 0.717) is 17.1 Å². The lowest BCUT2D eigenvalue weighted by molar-refractivity contribution is -0.137. The summed E-state index contributed by atoms with van der Waals surface area (Å²) >= 11 is 0. The number of hydrogen-bond donors (Lipinski definition) is 2. The first-order valence-electron chi connectivity index (χ1n) is 5.88. The molecule has 1 amide bonds. The minimum atomic E-state index is -4.42. The second-order valence-electron chi connectivity index (χ2n) is 4.19. The lowest BCUT2D eigenvalue weighted by Crippen LogP contribution is -2.22. The van der Waals surface area contributed by atoms with E-state index in [2.05, 4.69) is 15.3 Å². The van der Waals surface area contributed by atoms with E-state index >= 15 is 0 Å². The largest absolute Gasteiger partial charge is 0.416 e. The number of anilines is 1. The maximum Gasteiger partial charge on any atom is 0.416 e. The van der Waals surface area contributed by atoms with Gasteiger partial charge in [-0.1, -0.05) is 12.1 Å². The molecule has 2 aromatic rings. The van der Waals surface area contributed by atoms with Crippen LogP contribution in [0.1, 0.15) is 5.56 Å². The molecule has 0 unspecified atom stereocenters. The van der Waals surface area contributed by atoms with Crippen LogP contribution in [-0.4, -0.2) is 22.4 Å². The van der Waals surface area contributed by atoms with E-state index in [1.165, 1.54) is 24.5 Å². The predicted octanol–water partition coefficient (Wildman–Crippen LogP) is 2.06. The fourth-order valence-electron chi connectivity index (χ4n) is 1.64. The van der Waals surface area contributed by atoms with Crippen molar-refractivity contribution >= 4 is 11.7 Å². The molecule has 0 fully saturated rings. The molecule has 5 nitrogen and oxygen atoms in total. The molecular formula is C13H11F3N4O. The average molecular weight is 296 g/mol. The van der Waals surface area contributed by atoms with Crippen molar-refractivity contribution in [3.63, 3.8) is 0 Å². The Morgan fingerprint density at radius 1 is 1.24 bits per heavy atom. The van der Waals surface area contributed by atoms with Crippen molar-refractivity contribution in [3.8, 4) is 11.3 Å². The number of rotatable bonds is 4. The van der Waals surface area contributed by atoms with E-state index < -0.39 is 17.6 Å². The molecule has 1 aromatic carbocycles. The van der Waals surface area contributed by atoms with Gasteiger partial charge in [-0.25, -0.2) is 9.97 Å². The SMILES string of the molecule is NC(=O)CNc1cc(-c2cccc(C(F)(F)F)c2)ncn1. The molecule has 0 spiro atoms. The second kappa shape index (κ2) is 5.78. The van der Waals surface area contributed by atoms with E-state index in [9.17, 15) is 18.0 Å². The summed E-state index contributed by atoms with van der Waals surface area (Å²) in [5.74, 6) is -0.273. The molecule has 0 saturated heterocycles. The first kappa shape index (κ1) is 14.8. The summed E-state index contributed by atoms with van der Waals surface area (Å²) in [5.41, 5.74) is 4.84. The Morgan fingerprint density at radius 2 is 2.00 bits per heavy atom. The average Bonchev–Trinajstić information content (AvgIpc) is 2.45. The summed E-state index contributed by atoms with van der Waals surface area (Å²) < 4.78 is 38.0. The number of amides is 1. The first-order chi connectivity index (χ1) is 9.86. The van der Waals surface area contributed by atoms with Crippen LogP contribution in [0.5, 0.6) is 0 Å². The molecule has 0 bridgehead atoms. The summed E-state index contributed by atoms with van der Waals surface area (Å²) in [6.07, 6.45) is -3.23. The third-order valence-electron chi connectivity index (χ3n) is 2.60. The number of carbonyl (C=O) groups excluding carboxylic acids is 1. The van der Waals surface area contributed by atoms with Gasteiger partial charge in [-0.2, -0.15) is 13.2 Å². The van der Waals surface area contributed by atoms with E-state index in [1.54, 1.807) is 0 Å². The molecule has 0 atom stereocenters. The third kappa shape index (κ3) is 3.91. The molecule has 1 heterocycles. The molecular weight excluding hydrogens is 285 g/mol. The Morgan fingerprint density at radius 3 is 2.67 bits per heavy atom. The van der Waals surface area contributed by atoms with Gasteiger partial charge < -0.3 is 11.1 Å². The van der Waals surface area contributed by atoms with Crippen molar-refractivity contribution in [2.45, 2.75) is 6.18 Å². The van der Waals surface area contributed by atoms with Crippen molar-refractivity contribution in [2.75, 3.05) is 11.9 Å². The van der Waals surface area contributed by atoms with Gasteiger partial charge in [-0.15, -0.1) is 0 Å².